The monoisotopic (exact) mass is 478 g/mol. The van der Waals surface area contributed by atoms with Crippen molar-refractivity contribution in [3.05, 3.63) is 35.4 Å². The first-order valence-corrected chi connectivity index (χ1v) is 12.5. The van der Waals surface area contributed by atoms with Crippen molar-refractivity contribution in [3.63, 3.8) is 0 Å². The van der Waals surface area contributed by atoms with Crippen LogP contribution in [-0.2, 0) is 0 Å². The van der Waals surface area contributed by atoms with Crippen molar-refractivity contribution >= 4 is 11.5 Å². The molecule has 5 rings (SSSR count). The molecule has 0 bridgehead atoms. The van der Waals surface area contributed by atoms with Crippen molar-refractivity contribution in [3.8, 4) is 23.4 Å². The molecular weight excluding hydrogens is 444 g/mol. The van der Waals surface area contributed by atoms with E-state index in [2.05, 4.69) is 38.8 Å². The Hall–Kier alpha value is -3.22. The Bertz CT molecular complexity index is 1070. The molecule has 3 aliphatic rings. The molecule has 9 nitrogen and oxygen atoms in total. The number of nitriles is 1. The molecule has 0 radical (unpaired) electrons. The number of anilines is 2. The number of ether oxygens (including phenoxy) is 3. The number of hydrogen-bond donors (Lipinski definition) is 0. The Balaban J connectivity index is 1.16. The maximum Gasteiger partial charge on any atom is 0.233 e. The highest BCUT2D eigenvalue weighted by Crippen LogP contribution is 2.39. The lowest BCUT2D eigenvalue weighted by molar-refractivity contribution is 0.170. The molecule has 0 amide bonds. The summed E-state index contributed by atoms with van der Waals surface area (Å²) in [5.41, 5.74) is 2.55. The Morgan fingerprint density at radius 2 is 1.74 bits per heavy atom. The Morgan fingerprint density at radius 3 is 2.51 bits per heavy atom. The van der Waals surface area contributed by atoms with E-state index in [9.17, 15) is 5.26 Å². The topological polar surface area (TPSA) is 77.3 Å². The van der Waals surface area contributed by atoms with Gasteiger partial charge in [0, 0.05) is 58.9 Å². The highest BCUT2D eigenvalue weighted by molar-refractivity contribution is 5.65. The van der Waals surface area contributed by atoms with Crippen LogP contribution in [0, 0.1) is 18.3 Å². The fourth-order valence-corrected chi connectivity index (χ4v) is 4.86. The number of rotatable bonds is 6. The molecule has 186 valence electrons. The summed E-state index contributed by atoms with van der Waals surface area (Å²) in [7, 11) is 2.14. The maximum absolute atomic E-state index is 9.68. The van der Waals surface area contributed by atoms with Gasteiger partial charge >= 0.3 is 0 Å². The minimum Gasteiger partial charge on any atom is -0.486 e. The van der Waals surface area contributed by atoms with Crippen LogP contribution in [0.3, 0.4) is 0 Å². The van der Waals surface area contributed by atoms with Crippen molar-refractivity contribution < 1.29 is 14.2 Å². The highest BCUT2D eigenvalue weighted by Gasteiger charge is 2.24. The van der Waals surface area contributed by atoms with E-state index in [0.717, 1.165) is 87.5 Å². The number of benzene rings is 1. The molecule has 2 fully saturated rings. The number of aromatic nitrogens is 1. The van der Waals surface area contributed by atoms with E-state index in [1.807, 2.05) is 25.1 Å². The predicted octanol–water partition coefficient (Wildman–Crippen LogP) is 1.99. The van der Waals surface area contributed by atoms with Gasteiger partial charge in [0.1, 0.15) is 37.3 Å². The summed E-state index contributed by atoms with van der Waals surface area (Å²) >= 11 is 0. The van der Waals surface area contributed by atoms with Gasteiger partial charge in [-0.1, -0.05) is 6.07 Å². The first-order chi connectivity index (χ1) is 17.1. The van der Waals surface area contributed by atoms with Crippen molar-refractivity contribution in [2.24, 2.45) is 0 Å². The van der Waals surface area contributed by atoms with Crippen molar-refractivity contribution in [1.29, 1.82) is 5.26 Å². The molecule has 3 aliphatic heterocycles. The standard InChI is InChI=1S/C26H34N6O3/c1-20-18-24(32-10-6-29(2)7-11-32)28-26(21(20)19-27)35-15-14-30-8-12-31(13-9-30)22-4-3-5-23-25(22)34-17-16-33-23/h3-5,18H,6-17H2,1-2H3. The quantitative estimate of drug-likeness (QED) is 0.619. The zero-order chi connectivity index (χ0) is 24.2. The molecule has 1 aromatic heterocycles. The van der Waals surface area contributed by atoms with Gasteiger partial charge in [-0.05, 0) is 37.7 Å². The van der Waals surface area contributed by atoms with E-state index in [-0.39, 0.29) is 0 Å². The normalized spacial score (nSPS) is 18.9. The Kier molecular flexibility index (Phi) is 7.11. The summed E-state index contributed by atoms with van der Waals surface area (Å²) in [5, 5.41) is 9.68. The molecule has 1 aromatic carbocycles. The van der Waals surface area contributed by atoms with E-state index in [1.165, 1.54) is 0 Å². The van der Waals surface area contributed by atoms with Gasteiger partial charge < -0.3 is 28.9 Å². The van der Waals surface area contributed by atoms with Crippen molar-refractivity contribution in [2.45, 2.75) is 6.92 Å². The second-order valence-electron chi connectivity index (χ2n) is 9.36. The van der Waals surface area contributed by atoms with E-state index < -0.39 is 0 Å². The fraction of sp³-hybridized carbons (Fsp3) is 0.538. The molecule has 4 heterocycles. The molecule has 0 N–H and O–H groups in total. The van der Waals surface area contributed by atoms with Crippen LogP contribution in [0.5, 0.6) is 17.4 Å². The van der Waals surface area contributed by atoms with Gasteiger partial charge in [-0.15, -0.1) is 0 Å². The molecule has 0 aliphatic carbocycles. The number of pyridine rings is 1. The SMILES string of the molecule is Cc1cc(N2CCN(C)CC2)nc(OCCN2CCN(c3cccc4c3OCCO4)CC2)c1C#N. The average Bonchev–Trinajstić information content (AvgIpc) is 2.89. The molecule has 2 aromatic rings. The highest BCUT2D eigenvalue weighted by atomic mass is 16.6. The zero-order valence-corrected chi connectivity index (χ0v) is 20.7. The number of aryl methyl sites for hydroxylation is 1. The molecule has 2 saturated heterocycles. The number of likely N-dealkylation sites (N-methyl/N-ethyl adjacent to an activating group) is 1. The lowest BCUT2D eigenvalue weighted by atomic mass is 10.1. The van der Waals surface area contributed by atoms with Gasteiger partial charge in [0.25, 0.3) is 0 Å². The summed E-state index contributed by atoms with van der Waals surface area (Å²) in [4.78, 5) is 14.1. The van der Waals surface area contributed by atoms with E-state index >= 15 is 0 Å². The fourth-order valence-electron chi connectivity index (χ4n) is 4.86. The molecule has 9 heteroatoms. The van der Waals surface area contributed by atoms with Crippen LogP contribution in [0.25, 0.3) is 0 Å². The molecule has 0 atom stereocenters. The first kappa shape index (κ1) is 23.5. The van der Waals surface area contributed by atoms with Crippen LogP contribution in [0.4, 0.5) is 11.5 Å². The van der Waals surface area contributed by atoms with Crippen LogP contribution in [0.15, 0.2) is 24.3 Å². The lowest BCUT2D eigenvalue weighted by Crippen LogP contribution is -2.47. The van der Waals surface area contributed by atoms with E-state index in [0.29, 0.717) is 31.3 Å². The summed E-state index contributed by atoms with van der Waals surface area (Å²) in [6, 6.07) is 10.4. The number of hydrogen-bond acceptors (Lipinski definition) is 9. The number of piperazine rings is 2. The summed E-state index contributed by atoms with van der Waals surface area (Å²) < 4.78 is 17.7. The minimum absolute atomic E-state index is 0.452. The molecule has 35 heavy (non-hydrogen) atoms. The predicted molar refractivity (Wildman–Crippen MR) is 135 cm³/mol. The molecule has 0 saturated carbocycles. The molecule has 0 unspecified atom stereocenters. The minimum atomic E-state index is 0.452. The second kappa shape index (κ2) is 10.6. The second-order valence-corrected chi connectivity index (χ2v) is 9.36. The van der Waals surface area contributed by atoms with Gasteiger partial charge in [-0.25, -0.2) is 0 Å². The van der Waals surface area contributed by atoms with Crippen LogP contribution < -0.4 is 24.0 Å². The third kappa shape index (κ3) is 5.24. The van der Waals surface area contributed by atoms with Crippen LogP contribution >= 0.6 is 0 Å². The zero-order valence-electron chi connectivity index (χ0n) is 20.7. The van der Waals surface area contributed by atoms with Gasteiger partial charge in [0.15, 0.2) is 11.5 Å². The lowest BCUT2D eigenvalue weighted by Gasteiger charge is -2.37. The van der Waals surface area contributed by atoms with Gasteiger partial charge in [0.05, 0.1) is 5.69 Å². The van der Waals surface area contributed by atoms with Crippen LogP contribution in [-0.4, -0.2) is 101 Å². The summed E-state index contributed by atoms with van der Waals surface area (Å²) in [5.74, 6) is 3.05. The number of nitrogens with zero attached hydrogens (tertiary/aromatic N) is 6. The smallest absolute Gasteiger partial charge is 0.233 e. The first-order valence-electron chi connectivity index (χ1n) is 12.5. The molecule has 0 spiro atoms. The maximum atomic E-state index is 9.68. The van der Waals surface area contributed by atoms with E-state index in [1.54, 1.807) is 0 Å². The molecular formula is C26H34N6O3. The number of para-hydroxylation sites is 1. The van der Waals surface area contributed by atoms with Crippen molar-refractivity contribution in [1.82, 2.24) is 14.8 Å². The third-order valence-corrected chi connectivity index (χ3v) is 7.01. The van der Waals surface area contributed by atoms with Gasteiger partial charge in [0.2, 0.25) is 5.88 Å². The Labute approximate surface area is 207 Å². The van der Waals surface area contributed by atoms with Crippen LogP contribution in [0.2, 0.25) is 0 Å². The third-order valence-electron chi connectivity index (χ3n) is 7.01. The van der Waals surface area contributed by atoms with E-state index in [4.69, 9.17) is 19.2 Å². The van der Waals surface area contributed by atoms with Crippen LogP contribution in [0.1, 0.15) is 11.1 Å². The van der Waals surface area contributed by atoms with Crippen molar-refractivity contribution in [2.75, 3.05) is 95.6 Å². The summed E-state index contributed by atoms with van der Waals surface area (Å²) in [6.45, 7) is 12.0. The Morgan fingerprint density at radius 1 is 1.00 bits per heavy atom. The largest absolute Gasteiger partial charge is 0.486 e. The van der Waals surface area contributed by atoms with Gasteiger partial charge in [-0.3, -0.25) is 4.90 Å². The van der Waals surface area contributed by atoms with Gasteiger partial charge in [-0.2, -0.15) is 10.2 Å². The summed E-state index contributed by atoms with van der Waals surface area (Å²) in [6.07, 6.45) is 0. The average molecular weight is 479 g/mol. The number of fused-ring (bicyclic) bond motifs is 1.